The molecule has 0 amide bonds. The monoisotopic (exact) mass is 217 g/mol. The lowest BCUT2D eigenvalue weighted by molar-refractivity contribution is -0.100. The Balaban J connectivity index is 2.27. The Morgan fingerprint density at radius 2 is 2.07 bits per heavy atom. The van der Waals surface area contributed by atoms with Crippen molar-refractivity contribution in [2.45, 2.75) is 50.4 Å². The summed E-state index contributed by atoms with van der Waals surface area (Å²) < 4.78 is 11.1. The van der Waals surface area contributed by atoms with Crippen molar-refractivity contribution in [2.24, 2.45) is 0 Å². The van der Waals surface area contributed by atoms with E-state index in [9.17, 15) is 0 Å². The molecule has 0 aromatic carbocycles. The molecule has 0 aliphatic carbocycles. The van der Waals surface area contributed by atoms with Crippen LogP contribution in [0.15, 0.2) is 0 Å². The van der Waals surface area contributed by atoms with E-state index in [2.05, 4.69) is 0 Å². The van der Waals surface area contributed by atoms with E-state index < -0.39 is 5.38 Å². The SMILES string of the molecule is CC1CC(OCC(Cl)C#N)CC(C)O1. The van der Waals surface area contributed by atoms with Gasteiger partial charge in [0.25, 0.3) is 0 Å². The number of nitrogens with zero attached hydrogens (tertiary/aromatic N) is 1. The van der Waals surface area contributed by atoms with Gasteiger partial charge in [0.1, 0.15) is 5.38 Å². The van der Waals surface area contributed by atoms with Gasteiger partial charge in [-0.25, -0.2) is 0 Å². The molecule has 0 radical (unpaired) electrons. The van der Waals surface area contributed by atoms with Gasteiger partial charge in [-0.05, 0) is 26.7 Å². The van der Waals surface area contributed by atoms with Crippen LogP contribution in [0.25, 0.3) is 0 Å². The molecule has 0 saturated carbocycles. The van der Waals surface area contributed by atoms with Gasteiger partial charge >= 0.3 is 0 Å². The molecule has 0 bridgehead atoms. The molecule has 3 unspecified atom stereocenters. The van der Waals surface area contributed by atoms with Crippen molar-refractivity contribution in [1.82, 2.24) is 0 Å². The Bertz CT molecular complexity index is 207. The molecule has 0 spiro atoms. The third kappa shape index (κ3) is 3.83. The molecule has 80 valence electrons. The normalized spacial score (nSPS) is 34.9. The van der Waals surface area contributed by atoms with Crippen LogP contribution >= 0.6 is 11.6 Å². The maximum Gasteiger partial charge on any atom is 0.143 e. The fourth-order valence-electron chi connectivity index (χ4n) is 1.74. The zero-order chi connectivity index (χ0) is 10.6. The first kappa shape index (κ1) is 11.8. The lowest BCUT2D eigenvalue weighted by Gasteiger charge is -2.32. The first-order chi connectivity index (χ1) is 6.61. The number of rotatable bonds is 3. The zero-order valence-electron chi connectivity index (χ0n) is 8.57. The van der Waals surface area contributed by atoms with E-state index in [0.29, 0.717) is 6.61 Å². The molecular weight excluding hydrogens is 202 g/mol. The lowest BCUT2D eigenvalue weighted by atomic mass is 10.0. The number of hydrogen-bond donors (Lipinski definition) is 0. The van der Waals surface area contributed by atoms with E-state index >= 15 is 0 Å². The van der Waals surface area contributed by atoms with Crippen LogP contribution in [0.3, 0.4) is 0 Å². The topological polar surface area (TPSA) is 42.2 Å². The Labute approximate surface area is 89.9 Å². The van der Waals surface area contributed by atoms with Crippen molar-refractivity contribution < 1.29 is 9.47 Å². The van der Waals surface area contributed by atoms with Crippen LogP contribution < -0.4 is 0 Å². The van der Waals surface area contributed by atoms with Crippen LogP contribution in [-0.4, -0.2) is 30.3 Å². The van der Waals surface area contributed by atoms with Crippen molar-refractivity contribution in [3.63, 3.8) is 0 Å². The standard InChI is InChI=1S/C10H16ClNO2/c1-7-3-10(4-8(2)14-7)13-6-9(11)5-12/h7-10H,3-4,6H2,1-2H3. The van der Waals surface area contributed by atoms with Crippen LogP contribution in [0.1, 0.15) is 26.7 Å². The average Bonchev–Trinajstić information content (AvgIpc) is 2.12. The molecule has 1 rings (SSSR count). The largest absolute Gasteiger partial charge is 0.375 e. The smallest absolute Gasteiger partial charge is 0.143 e. The minimum absolute atomic E-state index is 0.184. The van der Waals surface area contributed by atoms with Crippen LogP contribution in [0, 0.1) is 11.3 Å². The quantitative estimate of drug-likeness (QED) is 0.680. The maximum atomic E-state index is 8.48. The summed E-state index contributed by atoms with van der Waals surface area (Å²) in [6.45, 7) is 4.38. The fraction of sp³-hybridized carbons (Fsp3) is 0.900. The highest BCUT2D eigenvalue weighted by Gasteiger charge is 2.25. The summed E-state index contributed by atoms with van der Waals surface area (Å²) in [6.07, 6.45) is 2.43. The molecule has 1 heterocycles. The fourth-order valence-corrected chi connectivity index (χ4v) is 1.81. The zero-order valence-corrected chi connectivity index (χ0v) is 9.33. The second kappa shape index (κ2) is 5.55. The van der Waals surface area contributed by atoms with Gasteiger partial charge in [-0.15, -0.1) is 11.6 Å². The Morgan fingerprint density at radius 3 is 2.57 bits per heavy atom. The van der Waals surface area contributed by atoms with E-state index in [-0.39, 0.29) is 18.3 Å². The number of ether oxygens (including phenoxy) is 2. The van der Waals surface area contributed by atoms with Crippen molar-refractivity contribution in [2.75, 3.05) is 6.61 Å². The van der Waals surface area contributed by atoms with E-state index in [1.807, 2.05) is 19.9 Å². The first-order valence-corrected chi connectivity index (χ1v) is 5.36. The molecule has 1 aliphatic heterocycles. The number of nitriles is 1. The highest BCUT2D eigenvalue weighted by atomic mass is 35.5. The maximum absolute atomic E-state index is 8.48. The molecule has 0 N–H and O–H groups in total. The third-order valence-electron chi connectivity index (χ3n) is 2.27. The van der Waals surface area contributed by atoms with E-state index in [1.54, 1.807) is 0 Å². The predicted molar refractivity (Wildman–Crippen MR) is 54.2 cm³/mol. The number of alkyl halides is 1. The summed E-state index contributed by atoms with van der Waals surface area (Å²) in [6, 6.07) is 1.94. The van der Waals surface area contributed by atoms with Gasteiger partial charge in [-0.3, -0.25) is 0 Å². The average molecular weight is 218 g/mol. The molecular formula is C10H16ClNO2. The molecule has 3 nitrogen and oxygen atoms in total. The van der Waals surface area contributed by atoms with Gasteiger partial charge in [0.15, 0.2) is 0 Å². The highest BCUT2D eigenvalue weighted by molar-refractivity contribution is 6.22. The van der Waals surface area contributed by atoms with Crippen LogP contribution in [0.4, 0.5) is 0 Å². The summed E-state index contributed by atoms with van der Waals surface area (Å²) in [5.41, 5.74) is 0. The van der Waals surface area contributed by atoms with Gasteiger partial charge in [0.05, 0.1) is 31.0 Å². The molecule has 1 fully saturated rings. The minimum atomic E-state index is -0.538. The Kier molecular flexibility index (Phi) is 4.67. The number of hydrogen-bond acceptors (Lipinski definition) is 3. The van der Waals surface area contributed by atoms with Crippen LogP contribution in [0.5, 0.6) is 0 Å². The molecule has 0 aromatic heterocycles. The van der Waals surface area contributed by atoms with Gasteiger partial charge in [0, 0.05) is 0 Å². The molecule has 4 heteroatoms. The molecule has 14 heavy (non-hydrogen) atoms. The summed E-state index contributed by atoms with van der Waals surface area (Å²) in [5.74, 6) is 0. The Hall–Kier alpha value is -0.300. The van der Waals surface area contributed by atoms with Crippen LogP contribution in [-0.2, 0) is 9.47 Å². The first-order valence-electron chi connectivity index (χ1n) is 4.92. The minimum Gasteiger partial charge on any atom is -0.375 e. The summed E-state index contributed by atoms with van der Waals surface area (Å²) >= 11 is 5.64. The molecule has 0 aromatic rings. The second-order valence-corrected chi connectivity index (χ2v) is 4.31. The highest BCUT2D eigenvalue weighted by Crippen LogP contribution is 2.21. The summed E-state index contributed by atoms with van der Waals surface area (Å²) in [4.78, 5) is 0. The summed E-state index contributed by atoms with van der Waals surface area (Å²) in [5, 5.41) is 7.94. The van der Waals surface area contributed by atoms with Gasteiger partial charge in [-0.1, -0.05) is 0 Å². The van der Waals surface area contributed by atoms with E-state index in [0.717, 1.165) is 12.8 Å². The van der Waals surface area contributed by atoms with Crippen molar-refractivity contribution in [3.8, 4) is 6.07 Å². The van der Waals surface area contributed by atoms with Crippen molar-refractivity contribution >= 4 is 11.6 Å². The Morgan fingerprint density at radius 1 is 1.50 bits per heavy atom. The van der Waals surface area contributed by atoms with Gasteiger partial charge in [-0.2, -0.15) is 5.26 Å². The van der Waals surface area contributed by atoms with Gasteiger partial charge < -0.3 is 9.47 Å². The van der Waals surface area contributed by atoms with E-state index in [1.165, 1.54) is 0 Å². The van der Waals surface area contributed by atoms with E-state index in [4.69, 9.17) is 26.3 Å². The molecule has 1 aliphatic rings. The van der Waals surface area contributed by atoms with Crippen molar-refractivity contribution in [1.29, 1.82) is 5.26 Å². The second-order valence-electron chi connectivity index (χ2n) is 3.78. The predicted octanol–water partition coefficient (Wildman–Crippen LogP) is 2.09. The van der Waals surface area contributed by atoms with Gasteiger partial charge in [0.2, 0.25) is 0 Å². The van der Waals surface area contributed by atoms with Crippen LogP contribution in [0.2, 0.25) is 0 Å². The lowest BCUT2D eigenvalue weighted by Crippen LogP contribution is -2.35. The number of halogens is 1. The molecule has 3 atom stereocenters. The third-order valence-corrected chi connectivity index (χ3v) is 2.50. The van der Waals surface area contributed by atoms with Crippen molar-refractivity contribution in [3.05, 3.63) is 0 Å². The summed E-state index contributed by atoms with van der Waals surface area (Å²) in [7, 11) is 0. The molecule has 1 saturated heterocycles.